The van der Waals surface area contributed by atoms with Crippen molar-refractivity contribution < 1.29 is 23.9 Å². The number of hydrogen-bond donors (Lipinski definition) is 1. The van der Waals surface area contributed by atoms with Gasteiger partial charge in [0.05, 0.1) is 31.4 Å². The molecule has 1 N–H and O–H groups in total. The van der Waals surface area contributed by atoms with Crippen LogP contribution in [0.3, 0.4) is 0 Å². The minimum absolute atomic E-state index is 0.0129. The lowest BCUT2D eigenvalue weighted by molar-refractivity contribution is -0.138. The zero-order valence-electron chi connectivity index (χ0n) is 21.2. The van der Waals surface area contributed by atoms with E-state index in [1.165, 1.54) is 30.1 Å². The van der Waals surface area contributed by atoms with Crippen molar-refractivity contribution >= 4 is 41.1 Å². The molecule has 0 saturated carbocycles. The quantitative estimate of drug-likeness (QED) is 0.299. The number of morpholine rings is 1. The molecule has 1 aliphatic heterocycles. The first-order valence-electron chi connectivity index (χ1n) is 12.3. The van der Waals surface area contributed by atoms with E-state index in [1.54, 1.807) is 47.4 Å². The van der Waals surface area contributed by atoms with Gasteiger partial charge in [-0.15, -0.1) is 5.10 Å². The summed E-state index contributed by atoms with van der Waals surface area (Å²) in [6, 6.07) is 10.7. The fraction of sp³-hybridized carbons (Fsp3) is 0.296. The zero-order valence-corrected chi connectivity index (χ0v) is 22.0. The fourth-order valence-electron chi connectivity index (χ4n) is 4.07. The normalized spacial score (nSPS) is 14.3. The van der Waals surface area contributed by atoms with Crippen molar-refractivity contribution in [2.75, 3.05) is 26.3 Å². The number of ether oxygens (including phenoxy) is 1. The number of carbonyl (C=O) groups excluding carboxylic acids is 4. The molecule has 1 aromatic heterocycles. The average molecular weight is 551 g/mol. The van der Waals surface area contributed by atoms with E-state index in [9.17, 15) is 19.2 Å². The van der Waals surface area contributed by atoms with E-state index < -0.39 is 11.9 Å². The van der Waals surface area contributed by atoms with E-state index in [-0.39, 0.29) is 30.3 Å². The van der Waals surface area contributed by atoms with Crippen LogP contribution in [0.2, 0.25) is 5.02 Å². The largest absolute Gasteiger partial charge is 0.378 e. The number of benzene rings is 2. The Morgan fingerprint density at radius 1 is 1.10 bits per heavy atom. The van der Waals surface area contributed by atoms with Gasteiger partial charge in [-0.25, -0.2) is 0 Å². The van der Waals surface area contributed by atoms with Crippen LogP contribution in [-0.2, 0) is 25.5 Å². The van der Waals surface area contributed by atoms with Gasteiger partial charge in [0.15, 0.2) is 11.6 Å². The van der Waals surface area contributed by atoms with Gasteiger partial charge in [-0.2, -0.15) is 4.68 Å². The first kappa shape index (κ1) is 27.8. The fourth-order valence-corrected chi connectivity index (χ4v) is 4.25. The second-order valence-corrected chi connectivity index (χ2v) is 9.38. The van der Waals surface area contributed by atoms with Crippen molar-refractivity contribution in [2.45, 2.75) is 25.8 Å². The van der Waals surface area contributed by atoms with Crippen LogP contribution in [0.4, 0.5) is 0 Å². The third-order valence-electron chi connectivity index (χ3n) is 6.19. The van der Waals surface area contributed by atoms with Gasteiger partial charge < -0.3 is 15.0 Å². The molecule has 2 aromatic carbocycles. The van der Waals surface area contributed by atoms with Crippen LogP contribution in [0.25, 0.3) is 11.8 Å². The third-order valence-corrected chi connectivity index (χ3v) is 6.42. The molecule has 0 spiro atoms. The minimum atomic E-state index is -1.05. The molecule has 0 unspecified atom stereocenters. The zero-order chi connectivity index (χ0) is 27.8. The SMILES string of the molecule is CC(=O)c1ccc(CC(=O)[C@H](CC(=O)N2CCOCC2)NC(=O)/C=C/c2cc(Cl)ccc2-n2cnnn2)cc1. The second-order valence-electron chi connectivity index (χ2n) is 8.95. The molecule has 2 amide bonds. The van der Waals surface area contributed by atoms with Gasteiger partial charge in [0.2, 0.25) is 11.8 Å². The van der Waals surface area contributed by atoms with Gasteiger partial charge in [0.1, 0.15) is 6.33 Å². The van der Waals surface area contributed by atoms with Crippen LogP contribution in [0, 0.1) is 0 Å². The monoisotopic (exact) mass is 550 g/mol. The number of halogens is 1. The lowest BCUT2D eigenvalue weighted by atomic mass is 9.99. The number of carbonyl (C=O) groups is 4. The molecule has 1 saturated heterocycles. The number of hydrogen-bond acceptors (Lipinski definition) is 8. The molecule has 1 atom stereocenters. The summed E-state index contributed by atoms with van der Waals surface area (Å²) in [7, 11) is 0. The molecule has 0 radical (unpaired) electrons. The molecule has 3 aromatic rings. The summed E-state index contributed by atoms with van der Waals surface area (Å²) in [4.78, 5) is 52.3. The smallest absolute Gasteiger partial charge is 0.244 e. The van der Waals surface area contributed by atoms with Crippen LogP contribution < -0.4 is 5.32 Å². The summed E-state index contributed by atoms with van der Waals surface area (Å²) in [5.74, 6) is -1.21. The summed E-state index contributed by atoms with van der Waals surface area (Å²) in [6.45, 7) is 3.16. The Balaban J connectivity index is 1.50. The van der Waals surface area contributed by atoms with Crippen molar-refractivity contribution in [1.82, 2.24) is 30.4 Å². The molecule has 4 rings (SSSR count). The van der Waals surface area contributed by atoms with Crippen LogP contribution in [-0.4, -0.2) is 80.8 Å². The Bertz CT molecular complexity index is 1370. The number of amides is 2. The lowest BCUT2D eigenvalue weighted by Crippen LogP contribution is -2.47. The maximum atomic E-state index is 13.3. The summed E-state index contributed by atoms with van der Waals surface area (Å²) in [5, 5.41) is 14.3. The summed E-state index contributed by atoms with van der Waals surface area (Å²) < 4.78 is 6.73. The Morgan fingerprint density at radius 2 is 1.85 bits per heavy atom. The Morgan fingerprint density at radius 3 is 2.51 bits per heavy atom. The van der Waals surface area contributed by atoms with Crippen molar-refractivity contribution in [2.24, 2.45) is 0 Å². The predicted octanol–water partition coefficient (Wildman–Crippen LogP) is 2.08. The molecule has 202 valence electrons. The van der Waals surface area contributed by atoms with E-state index in [4.69, 9.17) is 16.3 Å². The van der Waals surface area contributed by atoms with Crippen molar-refractivity contribution in [3.63, 3.8) is 0 Å². The van der Waals surface area contributed by atoms with Crippen LogP contribution in [0.1, 0.15) is 34.8 Å². The minimum Gasteiger partial charge on any atom is -0.378 e. The number of aromatic nitrogens is 4. The maximum absolute atomic E-state index is 13.3. The summed E-state index contributed by atoms with van der Waals surface area (Å²) in [5.41, 5.74) is 2.37. The number of Topliss-reactive ketones (excluding diaryl/α,β-unsaturated/α-hetero) is 2. The van der Waals surface area contributed by atoms with Crippen molar-refractivity contribution in [3.8, 4) is 5.69 Å². The first-order valence-corrected chi connectivity index (χ1v) is 12.7. The standard InChI is InChI=1S/C27H27ClN6O5/c1-18(35)20-4-2-19(3-5-20)14-25(36)23(16-27(38)33-10-12-39-13-11-33)30-26(37)9-6-21-15-22(28)7-8-24(21)34-17-29-31-32-34/h2-9,15,17,23H,10-14,16H2,1H3,(H,30,37)/b9-6+/t23-/m0/s1. The van der Waals surface area contributed by atoms with Gasteiger partial charge in [0.25, 0.3) is 0 Å². The third kappa shape index (κ3) is 7.65. The highest BCUT2D eigenvalue weighted by molar-refractivity contribution is 6.30. The molecule has 1 fully saturated rings. The van der Waals surface area contributed by atoms with Gasteiger partial charge in [-0.3, -0.25) is 19.2 Å². The van der Waals surface area contributed by atoms with E-state index in [1.807, 2.05) is 0 Å². The average Bonchev–Trinajstić information content (AvgIpc) is 3.47. The second kappa shape index (κ2) is 13.0. The first-order chi connectivity index (χ1) is 18.8. The van der Waals surface area contributed by atoms with E-state index in [0.29, 0.717) is 53.7 Å². The van der Waals surface area contributed by atoms with Crippen LogP contribution >= 0.6 is 11.6 Å². The predicted molar refractivity (Wildman–Crippen MR) is 142 cm³/mol. The van der Waals surface area contributed by atoms with Crippen LogP contribution in [0.15, 0.2) is 54.9 Å². The van der Waals surface area contributed by atoms with Crippen molar-refractivity contribution in [1.29, 1.82) is 0 Å². The van der Waals surface area contributed by atoms with Gasteiger partial charge in [-0.05, 0) is 47.2 Å². The highest BCUT2D eigenvalue weighted by Gasteiger charge is 2.27. The Hall–Kier alpha value is -4.22. The number of tetrazole rings is 1. The molecule has 1 aliphatic rings. The maximum Gasteiger partial charge on any atom is 0.244 e. The molecule has 2 heterocycles. The molecule has 39 heavy (non-hydrogen) atoms. The van der Waals surface area contributed by atoms with Gasteiger partial charge >= 0.3 is 0 Å². The molecule has 12 heteroatoms. The summed E-state index contributed by atoms with van der Waals surface area (Å²) in [6.07, 6.45) is 4.01. The van der Waals surface area contributed by atoms with E-state index in [2.05, 4.69) is 20.8 Å². The molecular weight excluding hydrogens is 524 g/mol. The highest BCUT2D eigenvalue weighted by Crippen LogP contribution is 2.20. The molecule has 0 aliphatic carbocycles. The van der Waals surface area contributed by atoms with Crippen molar-refractivity contribution in [3.05, 3.63) is 76.6 Å². The van der Waals surface area contributed by atoms with Crippen LogP contribution in [0.5, 0.6) is 0 Å². The Kier molecular flexibility index (Phi) is 9.29. The molecular formula is C27H27ClN6O5. The lowest BCUT2D eigenvalue weighted by Gasteiger charge is -2.28. The van der Waals surface area contributed by atoms with Gasteiger partial charge in [-0.1, -0.05) is 35.9 Å². The van der Waals surface area contributed by atoms with Gasteiger partial charge in [0, 0.05) is 41.7 Å². The number of nitrogens with zero attached hydrogens (tertiary/aromatic N) is 5. The number of nitrogens with one attached hydrogen (secondary N) is 1. The number of rotatable bonds is 10. The molecule has 0 bridgehead atoms. The Labute approximate surface area is 229 Å². The topological polar surface area (TPSA) is 136 Å². The highest BCUT2D eigenvalue weighted by atomic mass is 35.5. The van der Waals surface area contributed by atoms with E-state index in [0.717, 1.165) is 0 Å². The number of ketones is 2. The summed E-state index contributed by atoms with van der Waals surface area (Å²) >= 11 is 6.14. The molecule has 11 nitrogen and oxygen atoms in total. The van der Waals surface area contributed by atoms with E-state index >= 15 is 0 Å².